The Morgan fingerprint density at radius 1 is 0.479 bits per heavy atom. The highest BCUT2D eigenvalue weighted by atomic mass is 16.3. The van der Waals surface area contributed by atoms with E-state index >= 15 is 0 Å². The molecular weight excluding hydrogens is 589 g/mol. The average Bonchev–Trinajstić information content (AvgIpc) is 3.62. The molecule has 5 heteroatoms. The van der Waals surface area contributed by atoms with Crippen molar-refractivity contribution in [3.63, 3.8) is 0 Å². The number of hydrogen-bond acceptors (Lipinski definition) is 5. The summed E-state index contributed by atoms with van der Waals surface area (Å²) in [5, 5.41) is 6.87. The van der Waals surface area contributed by atoms with Crippen molar-refractivity contribution in [1.82, 2.24) is 19.9 Å². The summed E-state index contributed by atoms with van der Waals surface area (Å²) in [4.78, 5) is 19.5. The number of hydrogen-bond donors (Lipinski definition) is 0. The molecule has 0 saturated heterocycles. The molecule has 0 unspecified atom stereocenters. The van der Waals surface area contributed by atoms with E-state index in [1.54, 1.807) is 12.4 Å². The van der Waals surface area contributed by atoms with Gasteiger partial charge in [0.05, 0.1) is 0 Å². The van der Waals surface area contributed by atoms with E-state index in [1.807, 2.05) is 36.4 Å². The van der Waals surface area contributed by atoms with E-state index in [4.69, 9.17) is 19.4 Å². The van der Waals surface area contributed by atoms with E-state index in [0.29, 0.717) is 17.5 Å². The summed E-state index contributed by atoms with van der Waals surface area (Å²) in [5.41, 5.74) is 9.61. The lowest BCUT2D eigenvalue weighted by Gasteiger charge is -2.22. The molecule has 48 heavy (non-hydrogen) atoms. The summed E-state index contributed by atoms with van der Waals surface area (Å²) >= 11 is 0. The first-order valence-electron chi connectivity index (χ1n) is 16.2. The molecule has 0 aliphatic heterocycles. The molecule has 0 N–H and O–H groups in total. The highest BCUT2D eigenvalue weighted by molar-refractivity contribution is 6.13. The van der Waals surface area contributed by atoms with Crippen molar-refractivity contribution >= 4 is 43.5 Å². The summed E-state index contributed by atoms with van der Waals surface area (Å²) in [6.07, 6.45) is 3.55. The smallest absolute Gasteiger partial charge is 0.165 e. The maximum absolute atomic E-state index is 6.23. The van der Waals surface area contributed by atoms with Gasteiger partial charge in [-0.1, -0.05) is 92.7 Å². The number of aromatic nitrogens is 4. The molecule has 3 heterocycles. The Labute approximate surface area is 276 Å². The molecule has 0 bridgehead atoms. The minimum Gasteiger partial charge on any atom is -0.456 e. The average molecular weight is 617 g/mol. The fourth-order valence-electron chi connectivity index (χ4n) is 7.60. The number of furan rings is 1. The second-order valence-electron chi connectivity index (χ2n) is 13.1. The monoisotopic (exact) mass is 616 g/mol. The zero-order chi connectivity index (χ0) is 32.0. The normalized spacial score (nSPS) is 13.4. The van der Waals surface area contributed by atoms with Gasteiger partial charge in [-0.25, -0.2) is 15.0 Å². The van der Waals surface area contributed by atoms with Crippen LogP contribution in [0.5, 0.6) is 0 Å². The summed E-state index contributed by atoms with van der Waals surface area (Å²) in [5.74, 6) is 1.77. The standard InChI is InChI=1S/C43H28N4O/c1-43(2)36-14-5-3-10-30(36)35-21-25-16-18-29-28(34(25)23-37(35)43)12-7-13-33(29)42-46-40(45-41(47-42)27-9-8-20-44-24-27)26-17-19-32-31-11-4-6-15-38(31)48-39(32)22-26/h3-24H,1-2H3. The molecule has 0 atom stereocenters. The van der Waals surface area contributed by atoms with E-state index in [1.165, 1.54) is 38.4 Å². The number of rotatable bonds is 3. The Kier molecular flexibility index (Phi) is 5.56. The van der Waals surface area contributed by atoms with Crippen LogP contribution >= 0.6 is 0 Å². The second-order valence-corrected chi connectivity index (χ2v) is 13.1. The van der Waals surface area contributed by atoms with Gasteiger partial charge in [0.1, 0.15) is 11.2 Å². The summed E-state index contributed by atoms with van der Waals surface area (Å²) in [7, 11) is 0. The third kappa shape index (κ3) is 3.91. The number of benzene rings is 6. The van der Waals surface area contributed by atoms with Gasteiger partial charge in [0.2, 0.25) is 0 Å². The molecule has 0 radical (unpaired) electrons. The molecule has 226 valence electrons. The van der Waals surface area contributed by atoms with Crippen LogP contribution in [-0.4, -0.2) is 19.9 Å². The predicted octanol–water partition coefficient (Wildman–Crippen LogP) is 10.8. The number of pyridine rings is 1. The van der Waals surface area contributed by atoms with Gasteiger partial charge < -0.3 is 4.42 Å². The van der Waals surface area contributed by atoms with Crippen LogP contribution in [0.1, 0.15) is 25.0 Å². The molecule has 9 aromatic rings. The summed E-state index contributed by atoms with van der Waals surface area (Å²) < 4.78 is 6.23. The van der Waals surface area contributed by atoms with Gasteiger partial charge >= 0.3 is 0 Å². The SMILES string of the molecule is CC1(C)c2ccccc2-c2cc3ccc4c(-c5nc(-c6cccnc6)nc(-c6ccc7c(c6)oc6ccccc67)n5)cccc4c3cc21. The Morgan fingerprint density at radius 2 is 1.23 bits per heavy atom. The molecule has 6 aromatic carbocycles. The van der Waals surface area contributed by atoms with Gasteiger partial charge in [-0.15, -0.1) is 0 Å². The van der Waals surface area contributed by atoms with Gasteiger partial charge in [0.15, 0.2) is 17.5 Å². The number of para-hydroxylation sites is 1. The van der Waals surface area contributed by atoms with Crippen LogP contribution in [0, 0.1) is 0 Å². The third-order valence-corrected chi connectivity index (χ3v) is 10.0. The highest BCUT2D eigenvalue weighted by Gasteiger charge is 2.35. The lowest BCUT2D eigenvalue weighted by atomic mass is 9.81. The van der Waals surface area contributed by atoms with Crippen molar-refractivity contribution in [3.8, 4) is 45.3 Å². The maximum Gasteiger partial charge on any atom is 0.165 e. The lowest BCUT2D eigenvalue weighted by Crippen LogP contribution is -2.14. The molecule has 0 fully saturated rings. The van der Waals surface area contributed by atoms with Gasteiger partial charge in [0.25, 0.3) is 0 Å². The fraction of sp³-hybridized carbons (Fsp3) is 0.0698. The van der Waals surface area contributed by atoms with Crippen LogP contribution < -0.4 is 0 Å². The fourth-order valence-corrected chi connectivity index (χ4v) is 7.60. The van der Waals surface area contributed by atoms with Crippen LogP contribution in [0.3, 0.4) is 0 Å². The topological polar surface area (TPSA) is 64.7 Å². The molecule has 3 aromatic heterocycles. The Hall–Kier alpha value is -6.20. The molecule has 1 aliphatic rings. The van der Waals surface area contributed by atoms with Crippen LogP contribution in [0.4, 0.5) is 0 Å². The van der Waals surface area contributed by atoms with E-state index < -0.39 is 0 Å². The van der Waals surface area contributed by atoms with Gasteiger partial charge in [0, 0.05) is 45.3 Å². The Morgan fingerprint density at radius 3 is 2.12 bits per heavy atom. The predicted molar refractivity (Wildman–Crippen MR) is 194 cm³/mol. The van der Waals surface area contributed by atoms with E-state index in [-0.39, 0.29) is 5.41 Å². The first-order chi connectivity index (χ1) is 23.5. The van der Waals surface area contributed by atoms with Crippen molar-refractivity contribution in [1.29, 1.82) is 0 Å². The maximum atomic E-state index is 6.23. The van der Waals surface area contributed by atoms with Crippen LogP contribution in [-0.2, 0) is 5.41 Å². The quantitative estimate of drug-likeness (QED) is 0.185. The van der Waals surface area contributed by atoms with Crippen molar-refractivity contribution in [2.75, 3.05) is 0 Å². The van der Waals surface area contributed by atoms with Crippen molar-refractivity contribution < 1.29 is 4.42 Å². The molecule has 10 rings (SSSR count). The van der Waals surface area contributed by atoms with Crippen LogP contribution in [0.2, 0.25) is 0 Å². The molecule has 0 amide bonds. The van der Waals surface area contributed by atoms with E-state index in [0.717, 1.165) is 44.0 Å². The van der Waals surface area contributed by atoms with Crippen molar-refractivity contribution in [2.45, 2.75) is 19.3 Å². The number of nitrogens with zero attached hydrogens (tertiary/aromatic N) is 4. The molecule has 5 nitrogen and oxygen atoms in total. The van der Waals surface area contributed by atoms with E-state index in [2.05, 4.69) is 104 Å². The minimum absolute atomic E-state index is 0.0808. The largest absolute Gasteiger partial charge is 0.456 e. The second kappa shape index (κ2) is 9.90. The molecule has 1 aliphatic carbocycles. The summed E-state index contributed by atoms with van der Waals surface area (Å²) in [6, 6.07) is 42.6. The molecule has 0 saturated carbocycles. The minimum atomic E-state index is -0.0808. The number of fused-ring (bicyclic) bond motifs is 9. The van der Waals surface area contributed by atoms with E-state index in [9.17, 15) is 0 Å². The first kappa shape index (κ1) is 27.0. The summed E-state index contributed by atoms with van der Waals surface area (Å²) in [6.45, 7) is 4.66. The van der Waals surface area contributed by atoms with Crippen LogP contribution in [0.25, 0.3) is 88.8 Å². The molecule has 0 spiro atoms. The van der Waals surface area contributed by atoms with Crippen LogP contribution in [0.15, 0.2) is 138 Å². The first-order valence-corrected chi connectivity index (χ1v) is 16.2. The Bertz CT molecular complexity index is 2760. The van der Waals surface area contributed by atoms with Gasteiger partial charge in [-0.2, -0.15) is 0 Å². The molecular formula is C43H28N4O. The zero-order valence-corrected chi connectivity index (χ0v) is 26.4. The lowest BCUT2D eigenvalue weighted by molar-refractivity contribution is 0.661. The third-order valence-electron chi connectivity index (χ3n) is 10.0. The van der Waals surface area contributed by atoms with Gasteiger partial charge in [-0.3, -0.25) is 4.98 Å². The van der Waals surface area contributed by atoms with Gasteiger partial charge in [-0.05, 0) is 86.3 Å². The Balaban J connectivity index is 1.18. The van der Waals surface area contributed by atoms with Crippen molar-refractivity contribution in [3.05, 3.63) is 145 Å². The zero-order valence-electron chi connectivity index (χ0n) is 26.4. The van der Waals surface area contributed by atoms with Crippen molar-refractivity contribution in [2.24, 2.45) is 0 Å². The highest BCUT2D eigenvalue weighted by Crippen LogP contribution is 2.50.